The van der Waals surface area contributed by atoms with Gasteiger partial charge in [0.15, 0.2) is 0 Å². The van der Waals surface area contributed by atoms with E-state index in [1.807, 2.05) is 0 Å². The number of carbonyl (C=O) groups is 2. The van der Waals surface area contributed by atoms with Crippen LogP contribution in [0.2, 0.25) is 5.02 Å². The average molecular weight is 398 g/mol. The third-order valence-corrected chi connectivity index (χ3v) is 5.39. The minimum atomic E-state index is -4.58. The van der Waals surface area contributed by atoms with E-state index in [0.717, 1.165) is 37.5 Å². The van der Waals surface area contributed by atoms with Crippen LogP contribution in [-0.2, 0) is 19.6 Å². The number of methoxy groups -OCH3 is 1. The van der Waals surface area contributed by atoms with Crippen molar-refractivity contribution in [3.8, 4) is 0 Å². The molecule has 0 spiro atoms. The first-order valence-electron chi connectivity index (χ1n) is 7.08. The van der Waals surface area contributed by atoms with Gasteiger partial charge in [-0.2, -0.15) is 4.31 Å². The first-order valence-corrected chi connectivity index (χ1v) is 8.90. The van der Waals surface area contributed by atoms with Crippen LogP contribution in [0.1, 0.15) is 10.4 Å². The van der Waals surface area contributed by atoms with Crippen LogP contribution in [0.4, 0.5) is 10.1 Å². The molecule has 0 bridgehead atoms. The first kappa shape index (κ1) is 19.6. The van der Waals surface area contributed by atoms with E-state index in [9.17, 15) is 22.4 Å². The number of anilines is 1. The van der Waals surface area contributed by atoms with Crippen LogP contribution in [0.15, 0.2) is 60.0 Å². The van der Waals surface area contributed by atoms with Gasteiger partial charge in [-0.05, 0) is 36.4 Å². The second-order valence-electron chi connectivity index (χ2n) is 4.90. The lowest BCUT2D eigenvalue weighted by Gasteiger charge is -2.23. The molecular weight excluding hydrogens is 385 g/mol. The first-order chi connectivity index (χ1) is 12.2. The fourth-order valence-electron chi connectivity index (χ4n) is 2.16. The summed E-state index contributed by atoms with van der Waals surface area (Å²) in [7, 11) is -3.49. The Morgan fingerprint density at radius 1 is 1.23 bits per heavy atom. The lowest BCUT2D eigenvalue weighted by atomic mass is 10.2. The van der Waals surface area contributed by atoms with Crippen LogP contribution in [0.5, 0.6) is 0 Å². The zero-order valence-corrected chi connectivity index (χ0v) is 15.1. The number of carbonyl (C=O) groups excluding carboxylic acids is 2. The van der Waals surface area contributed by atoms with Crippen molar-refractivity contribution in [1.29, 1.82) is 0 Å². The Morgan fingerprint density at radius 3 is 2.46 bits per heavy atom. The second-order valence-corrected chi connectivity index (χ2v) is 7.06. The van der Waals surface area contributed by atoms with Crippen LogP contribution in [0.25, 0.3) is 0 Å². The molecule has 136 valence electrons. The Kier molecular flexibility index (Phi) is 5.79. The Labute approximate surface area is 154 Å². The third kappa shape index (κ3) is 3.61. The number of hydrogen-bond acceptors (Lipinski definition) is 5. The molecule has 0 saturated carbocycles. The van der Waals surface area contributed by atoms with Gasteiger partial charge >= 0.3 is 5.97 Å². The molecule has 6 nitrogen and oxygen atoms in total. The predicted octanol–water partition coefficient (Wildman–Crippen LogP) is 3.17. The molecule has 0 aliphatic rings. The summed E-state index contributed by atoms with van der Waals surface area (Å²) < 4.78 is 44.5. The van der Waals surface area contributed by atoms with Gasteiger partial charge in [0.1, 0.15) is 10.7 Å². The lowest BCUT2D eigenvalue weighted by molar-refractivity contribution is -0.113. The van der Waals surface area contributed by atoms with Crippen molar-refractivity contribution in [2.75, 3.05) is 11.4 Å². The molecule has 0 atom stereocenters. The van der Waals surface area contributed by atoms with Crippen molar-refractivity contribution < 1.29 is 27.1 Å². The largest absolute Gasteiger partial charge is 0.465 e. The van der Waals surface area contributed by atoms with Gasteiger partial charge < -0.3 is 4.74 Å². The molecule has 26 heavy (non-hydrogen) atoms. The van der Waals surface area contributed by atoms with E-state index in [0.29, 0.717) is 4.31 Å². The molecule has 9 heteroatoms. The van der Waals surface area contributed by atoms with Crippen LogP contribution in [-0.4, -0.2) is 27.4 Å². The quantitative estimate of drug-likeness (QED) is 0.571. The van der Waals surface area contributed by atoms with Crippen LogP contribution in [0.3, 0.4) is 0 Å². The number of hydrogen-bond donors (Lipinski definition) is 0. The second kappa shape index (κ2) is 7.67. The molecule has 0 radical (unpaired) electrons. The molecular formula is C17H13ClFNO5S. The Hall–Kier alpha value is -2.71. The number of halogens is 2. The van der Waals surface area contributed by atoms with Crippen LogP contribution >= 0.6 is 11.6 Å². The molecule has 0 unspecified atom stereocenters. The summed E-state index contributed by atoms with van der Waals surface area (Å²) in [5.41, 5.74) is -0.548. The lowest BCUT2D eigenvalue weighted by Crippen LogP contribution is -2.37. The Morgan fingerprint density at radius 2 is 1.88 bits per heavy atom. The van der Waals surface area contributed by atoms with Gasteiger partial charge in [0.2, 0.25) is 0 Å². The normalized spacial score (nSPS) is 10.9. The number of benzene rings is 2. The molecule has 0 fully saturated rings. The highest BCUT2D eigenvalue weighted by Gasteiger charge is 2.34. The molecule has 0 aromatic heterocycles. The highest BCUT2D eigenvalue weighted by atomic mass is 35.5. The van der Waals surface area contributed by atoms with E-state index in [-0.39, 0.29) is 16.3 Å². The molecule has 2 aromatic rings. The maximum absolute atomic E-state index is 13.3. The Bertz CT molecular complexity index is 990. The van der Waals surface area contributed by atoms with Crippen molar-refractivity contribution in [2.45, 2.75) is 4.90 Å². The molecule has 0 saturated heterocycles. The highest BCUT2D eigenvalue weighted by molar-refractivity contribution is 7.93. The standard InChI is InChI=1S/C17H13ClFNO5S/c1-3-16(21)20(14-9-8-11(19)10-13(14)18)26(23,24)15-7-5-4-6-12(15)17(22)25-2/h3-10H,1H2,2H3. The van der Waals surface area contributed by atoms with E-state index in [1.165, 1.54) is 18.2 Å². The summed E-state index contributed by atoms with van der Waals surface area (Å²) >= 11 is 5.92. The van der Waals surface area contributed by atoms with Gasteiger partial charge in [-0.1, -0.05) is 30.3 Å². The van der Waals surface area contributed by atoms with E-state index in [4.69, 9.17) is 11.6 Å². The number of ether oxygens (including phenoxy) is 1. The van der Waals surface area contributed by atoms with Gasteiger partial charge in [-0.15, -0.1) is 0 Å². The highest BCUT2D eigenvalue weighted by Crippen LogP contribution is 2.32. The summed E-state index contributed by atoms with van der Waals surface area (Å²) in [6.07, 6.45) is 0.762. The van der Waals surface area contributed by atoms with Crippen molar-refractivity contribution in [3.63, 3.8) is 0 Å². The van der Waals surface area contributed by atoms with Crippen molar-refractivity contribution >= 4 is 39.2 Å². The molecule has 2 rings (SSSR count). The summed E-state index contributed by atoms with van der Waals surface area (Å²) in [4.78, 5) is 23.7. The van der Waals surface area contributed by atoms with E-state index >= 15 is 0 Å². The van der Waals surface area contributed by atoms with Crippen molar-refractivity contribution in [3.05, 3.63) is 71.5 Å². The SMILES string of the molecule is C=CC(=O)N(c1ccc(F)cc1Cl)S(=O)(=O)c1ccccc1C(=O)OC. The number of rotatable bonds is 5. The summed E-state index contributed by atoms with van der Waals surface area (Å²) in [5.74, 6) is -2.64. The van der Waals surface area contributed by atoms with Gasteiger partial charge in [-0.3, -0.25) is 4.79 Å². The fourth-order valence-corrected chi connectivity index (χ4v) is 4.07. The van der Waals surface area contributed by atoms with E-state index < -0.39 is 32.6 Å². The molecule has 0 aliphatic heterocycles. The van der Waals surface area contributed by atoms with Crippen LogP contribution in [0, 0.1) is 5.82 Å². The zero-order valence-electron chi connectivity index (χ0n) is 13.5. The van der Waals surface area contributed by atoms with E-state index in [2.05, 4.69) is 11.3 Å². The molecule has 0 N–H and O–H groups in total. The molecule has 0 heterocycles. The summed E-state index contributed by atoms with van der Waals surface area (Å²) in [5, 5.41) is -0.306. The number of sulfonamides is 1. The van der Waals surface area contributed by atoms with Crippen LogP contribution < -0.4 is 4.31 Å². The summed E-state index contributed by atoms with van der Waals surface area (Å²) in [6.45, 7) is 3.27. The molecule has 2 aromatic carbocycles. The minimum Gasteiger partial charge on any atom is -0.465 e. The average Bonchev–Trinajstić information content (AvgIpc) is 2.62. The third-order valence-electron chi connectivity index (χ3n) is 3.31. The van der Waals surface area contributed by atoms with Gasteiger partial charge in [-0.25, -0.2) is 17.6 Å². The van der Waals surface area contributed by atoms with Gasteiger partial charge in [0, 0.05) is 0 Å². The maximum Gasteiger partial charge on any atom is 0.339 e. The van der Waals surface area contributed by atoms with Crippen molar-refractivity contribution in [1.82, 2.24) is 0 Å². The van der Waals surface area contributed by atoms with Gasteiger partial charge in [0.25, 0.3) is 15.9 Å². The maximum atomic E-state index is 13.3. The monoisotopic (exact) mass is 397 g/mol. The number of nitrogens with zero attached hydrogens (tertiary/aromatic N) is 1. The topological polar surface area (TPSA) is 80.8 Å². The molecule has 0 aliphatic carbocycles. The fraction of sp³-hybridized carbons (Fsp3) is 0.0588. The smallest absolute Gasteiger partial charge is 0.339 e. The minimum absolute atomic E-state index is 0.268. The van der Waals surface area contributed by atoms with E-state index in [1.54, 1.807) is 0 Å². The summed E-state index contributed by atoms with van der Waals surface area (Å²) in [6, 6.07) is 8.05. The number of esters is 1. The van der Waals surface area contributed by atoms with Gasteiger partial charge in [0.05, 0.1) is 23.4 Å². The van der Waals surface area contributed by atoms with Crippen molar-refractivity contribution in [2.24, 2.45) is 0 Å². The number of amides is 1. The Balaban J connectivity index is 2.75. The molecule has 1 amide bonds. The predicted molar refractivity (Wildman–Crippen MR) is 94.1 cm³/mol. The zero-order chi connectivity index (χ0) is 19.5.